The first-order chi connectivity index (χ1) is 13.4. The number of benzene rings is 1. The van der Waals surface area contributed by atoms with E-state index in [2.05, 4.69) is 71.1 Å². The number of hydrogen-bond acceptors (Lipinski definition) is 4. The lowest BCUT2D eigenvalue weighted by molar-refractivity contribution is 0.121. The second kappa shape index (κ2) is 7.88. The van der Waals surface area contributed by atoms with Crippen molar-refractivity contribution in [1.82, 2.24) is 20.0 Å². The van der Waals surface area contributed by atoms with Crippen LogP contribution in [0.2, 0.25) is 0 Å². The van der Waals surface area contributed by atoms with Crippen molar-refractivity contribution >= 4 is 0 Å². The Morgan fingerprint density at radius 2 is 1.86 bits per heavy atom. The number of nitrogens with one attached hydrogen (secondary N) is 1. The molecule has 3 aliphatic rings. The quantitative estimate of drug-likeness (QED) is 0.854. The normalized spacial score (nSPS) is 23.7. The van der Waals surface area contributed by atoms with Crippen LogP contribution in [0, 0.1) is 5.92 Å². The van der Waals surface area contributed by atoms with Gasteiger partial charge in [-0.3, -0.25) is 14.9 Å². The Balaban J connectivity index is 1.40. The molecule has 0 radical (unpaired) electrons. The zero-order valence-electron chi connectivity index (χ0n) is 17.7. The number of piperidine rings is 1. The predicted octanol–water partition coefficient (Wildman–Crippen LogP) is 3.81. The summed E-state index contributed by atoms with van der Waals surface area (Å²) in [5, 5.41) is 7.84. The van der Waals surface area contributed by atoms with Crippen LogP contribution in [-0.2, 0) is 18.5 Å². The van der Waals surface area contributed by atoms with E-state index in [-0.39, 0.29) is 5.41 Å². The highest BCUT2D eigenvalue weighted by Crippen LogP contribution is 2.30. The molecular formula is C23H34N4O. The summed E-state index contributed by atoms with van der Waals surface area (Å²) in [6.45, 7) is 12.2. The highest BCUT2D eigenvalue weighted by molar-refractivity contribution is 5.27. The smallest absolute Gasteiger partial charge is 0.118 e. The van der Waals surface area contributed by atoms with Crippen LogP contribution in [0.1, 0.15) is 50.6 Å². The number of methoxy groups -OCH3 is 1. The maximum absolute atomic E-state index is 5.29. The number of fused-ring (bicyclic) bond motifs is 4. The van der Waals surface area contributed by atoms with E-state index < -0.39 is 0 Å². The molecule has 0 amide bonds. The monoisotopic (exact) mass is 382 g/mol. The van der Waals surface area contributed by atoms with Gasteiger partial charge < -0.3 is 4.74 Å². The van der Waals surface area contributed by atoms with Gasteiger partial charge in [-0.1, -0.05) is 32.9 Å². The Labute approximate surface area is 169 Å². The van der Waals surface area contributed by atoms with E-state index in [0.717, 1.165) is 37.0 Å². The lowest BCUT2D eigenvalue weighted by Gasteiger charge is -2.35. The summed E-state index contributed by atoms with van der Waals surface area (Å²) < 4.78 is 5.29. The zero-order chi connectivity index (χ0) is 19.7. The van der Waals surface area contributed by atoms with Crippen molar-refractivity contribution in [2.45, 2.75) is 58.2 Å². The van der Waals surface area contributed by atoms with Crippen LogP contribution in [-0.4, -0.2) is 52.8 Å². The first-order valence-corrected chi connectivity index (χ1v) is 10.5. The van der Waals surface area contributed by atoms with Gasteiger partial charge >= 0.3 is 0 Å². The standard InChI is InChI=1S/C23H34N4O/c1-23(2,3)22-11-19(24-25-22)15-27-14-18-5-8-20(27)16-26(13-18)12-17-6-9-21(28-4)10-7-17/h6-7,9-11,18,20H,5,8,12-16H2,1-4H3,(H,24,25)/t18-,20+/m0/s1. The molecule has 0 spiro atoms. The van der Waals surface area contributed by atoms with Gasteiger partial charge in [-0.15, -0.1) is 0 Å². The molecule has 152 valence electrons. The van der Waals surface area contributed by atoms with Crippen molar-refractivity contribution in [3.05, 3.63) is 47.3 Å². The van der Waals surface area contributed by atoms with Crippen molar-refractivity contribution in [3.63, 3.8) is 0 Å². The Kier molecular flexibility index (Phi) is 5.48. The van der Waals surface area contributed by atoms with Crippen LogP contribution in [0.5, 0.6) is 5.75 Å². The van der Waals surface area contributed by atoms with E-state index in [1.54, 1.807) is 7.11 Å². The van der Waals surface area contributed by atoms with Gasteiger partial charge in [0.25, 0.3) is 0 Å². The fraction of sp³-hybridized carbons (Fsp3) is 0.609. The van der Waals surface area contributed by atoms with Gasteiger partial charge in [0.1, 0.15) is 5.75 Å². The van der Waals surface area contributed by atoms with Gasteiger partial charge in [-0.2, -0.15) is 5.10 Å². The molecule has 28 heavy (non-hydrogen) atoms. The minimum Gasteiger partial charge on any atom is -0.497 e. The van der Waals surface area contributed by atoms with E-state index >= 15 is 0 Å². The molecule has 3 aliphatic heterocycles. The molecule has 0 aliphatic carbocycles. The fourth-order valence-electron chi connectivity index (χ4n) is 4.63. The molecule has 1 N–H and O–H groups in total. The second-order valence-electron chi connectivity index (χ2n) is 9.60. The van der Waals surface area contributed by atoms with Crippen LogP contribution in [0.3, 0.4) is 0 Å². The molecule has 3 fully saturated rings. The Hall–Kier alpha value is -1.85. The average Bonchev–Trinajstić information content (AvgIpc) is 2.98. The summed E-state index contributed by atoms with van der Waals surface area (Å²) >= 11 is 0. The maximum atomic E-state index is 5.29. The van der Waals surface area contributed by atoms with Gasteiger partial charge in [0.15, 0.2) is 0 Å². The molecule has 0 saturated carbocycles. The molecule has 3 saturated heterocycles. The summed E-state index contributed by atoms with van der Waals surface area (Å²) in [7, 11) is 1.72. The summed E-state index contributed by atoms with van der Waals surface area (Å²) in [5.74, 6) is 1.70. The average molecular weight is 383 g/mol. The number of hydrogen-bond donors (Lipinski definition) is 1. The third kappa shape index (κ3) is 4.41. The van der Waals surface area contributed by atoms with Crippen LogP contribution < -0.4 is 4.74 Å². The van der Waals surface area contributed by atoms with Gasteiger partial charge in [-0.25, -0.2) is 0 Å². The summed E-state index contributed by atoms with van der Waals surface area (Å²) in [6, 6.07) is 11.4. The summed E-state index contributed by atoms with van der Waals surface area (Å²) in [6.07, 6.45) is 2.67. The van der Waals surface area contributed by atoms with E-state index in [1.807, 2.05) is 0 Å². The minimum absolute atomic E-state index is 0.0989. The fourth-order valence-corrected chi connectivity index (χ4v) is 4.63. The number of rotatable bonds is 5. The van der Waals surface area contributed by atoms with Gasteiger partial charge in [0.05, 0.1) is 12.8 Å². The van der Waals surface area contributed by atoms with E-state index in [9.17, 15) is 0 Å². The van der Waals surface area contributed by atoms with Crippen molar-refractivity contribution in [1.29, 1.82) is 0 Å². The number of H-pyrrole nitrogens is 1. The lowest BCUT2D eigenvalue weighted by Crippen LogP contribution is -2.43. The van der Waals surface area contributed by atoms with Crippen molar-refractivity contribution in [2.75, 3.05) is 26.7 Å². The third-order valence-electron chi connectivity index (χ3n) is 6.24. The zero-order valence-corrected chi connectivity index (χ0v) is 17.7. The van der Waals surface area contributed by atoms with Crippen LogP contribution >= 0.6 is 0 Å². The van der Waals surface area contributed by atoms with Crippen LogP contribution in [0.25, 0.3) is 0 Å². The molecule has 2 aromatic rings. The van der Waals surface area contributed by atoms with Crippen LogP contribution in [0.15, 0.2) is 30.3 Å². The van der Waals surface area contributed by atoms with E-state index in [0.29, 0.717) is 6.04 Å². The minimum atomic E-state index is 0.0989. The highest BCUT2D eigenvalue weighted by Gasteiger charge is 2.35. The Morgan fingerprint density at radius 1 is 1.07 bits per heavy atom. The summed E-state index contributed by atoms with van der Waals surface area (Å²) in [5.41, 5.74) is 3.88. The lowest BCUT2D eigenvalue weighted by atomic mass is 9.92. The molecule has 2 bridgehead atoms. The van der Waals surface area contributed by atoms with Crippen molar-refractivity contribution < 1.29 is 4.74 Å². The molecule has 0 unspecified atom stereocenters. The van der Waals surface area contributed by atoms with Gasteiger partial charge in [0.2, 0.25) is 0 Å². The third-order valence-corrected chi connectivity index (χ3v) is 6.24. The number of aromatic amines is 1. The predicted molar refractivity (Wildman–Crippen MR) is 112 cm³/mol. The number of ether oxygens (including phenoxy) is 1. The molecule has 1 aromatic heterocycles. The van der Waals surface area contributed by atoms with E-state index in [4.69, 9.17) is 4.74 Å². The topological polar surface area (TPSA) is 44.4 Å². The summed E-state index contributed by atoms with van der Waals surface area (Å²) in [4.78, 5) is 5.33. The Bertz CT molecular complexity index is 777. The second-order valence-corrected chi connectivity index (χ2v) is 9.60. The maximum Gasteiger partial charge on any atom is 0.118 e. The number of aromatic nitrogens is 2. The molecule has 5 rings (SSSR count). The van der Waals surface area contributed by atoms with Gasteiger partial charge in [0, 0.05) is 49.9 Å². The Morgan fingerprint density at radius 3 is 2.54 bits per heavy atom. The van der Waals surface area contributed by atoms with Crippen molar-refractivity contribution in [2.24, 2.45) is 5.92 Å². The number of nitrogens with zero attached hydrogens (tertiary/aromatic N) is 3. The highest BCUT2D eigenvalue weighted by atomic mass is 16.5. The molecule has 1 aromatic carbocycles. The molecule has 5 nitrogen and oxygen atoms in total. The SMILES string of the molecule is COc1ccc(CN2C[C@@H]3CC[C@H](C2)N(Cc2cc(C(C)(C)C)n[nH]2)C3)cc1. The largest absolute Gasteiger partial charge is 0.497 e. The first-order valence-electron chi connectivity index (χ1n) is 10.5. The van der Waals surface area contributed by atoms with E-state index in [1.165, 1.54) is 37.2 Å². The molecule has 5 heteroatoms. The van der Waals surface area contributed by atoms with Crippen LogP contribution in [0.4, 0.5) is 0 Å². The molecule has 4 heterocycles. The first kappa shape index (κ1) is 19.5. The van der Waals surface area contributed by atoms with Gasteiger partial charge in [-0.05, 0) is 42.5 Å². The molecule has 2 atom stereocenters. The van der Waals surface area contributed by atoms with Crippen molar-refractivity contribution in [3.8, 4) is 5.75 Å². The molecular weight excluding hydrogens is 348 g/mol.